The molecule has 1 N–H and O–H groups in total. The van der Waals surface area contributed by atoms with E-state index < -0.39 is 6.30 Å². The molecule has 0 spiro atoms. The van der Waals surface area contributed by atoms with Crippen molar-refractivity contribution in [2.24, 2.45) is 9.98 Å². The Labute approximate surface area is 59.2 Å². The van der Waals surface area contributed by atoms with E-state index >= 15 is 0 Å². The Balaban J connectivity index is 3.81. The van der Waals surface area contributed by atoms with E-state index in [1.54, 1.807) is 6.92 Å². The van der Waals surface area contributed by atoms with Crippen molar-refractivity contribution < 1.29 is 4.39 Å². The summed E-state index contributed by atoms with van der Waals surface area (Å²) in [6.07, 6.45) is 0.974. The zero-order chi connectivity index (χ0) is 7.98. The molecule has 0 heterocycles. The fraction of sp³-hybridized carbons (Fsp3) is 0.500. The highest BCUT2D eigenvalue weighted by molar-refractivity contribution is 6.29. The van der Waals surface area contributed by atoms with Gasteiger partial charge in [0.15, 0.2) is 6.30 Å². The van der Waals surface area contributed by atoms with Gasteiger partial charge in [0.25, 0.3) is 0 Å². The van der Waals surface area contributed by atoms with Crippen LogP contribution in [0.4, 0.5) is 4.39 Å². The van der Waals surface area contributed by atoms with Crippen molar-refractivity contribution in [3.63, 3.8) is 0 Å². The normalized spacial score (nSPS) is 15.7. The Hall–Kier alpha value is -1.06. The van der Waals surface area contributed by atoms with Crippen LogP contribution >= 0.6 is 0 Å². The van der Waals surface area contributed by atoms with Crippen LogP contribution in [0.25, 0.3) is 0 Å². The molecular formula is C6H10FN3. The summed E-state index contributed by atoms with van der Waals surface area (Å²) in [5, 5.41) is 6.68. The van der Waals surface area contributed by atoms with Crippen LogP contribution in [0.15, 0.2) is 9.98 Å². The molecule has 0 radical (unpaired) electrons. The lowest BCUT2D eigenvalue weighted by atomic mass is 10.5. The number of hydrogen-bond acceptors (Lipinski definition) is 2. The van der Waals surface area contributed by atoms with Crippen LogP contribution in [0.1, 0.15) is 13.8 Å². The van der Waals surface area contributed by atoms with E-state index in [-0.39, 0.29) is 0 Å². The highest BCUT2D eigenvalue weighted by atomic mass is 19.1. The number of hydrogen-bond donors (Lipinski definition) is 1. The van der Waals surface area contributed by atoms with Crippen molar-refractivity contribution in [2.75, 3.05) is 0 Å². The van der Waals surface area contributed by atoms with E-state index in [0.29, 0.717) is 5.71 Å². The second-order valence-corrected chi connectivity index (χ2v) is 1.75. The van der Waals surface area contributed by atoms with Gasteiger partial charge in [-0.1, -0.05) is 0 Å². The van der Waals surface area contributed by atoms with Crippen LogP contribution in [0, 0.1) is 5.41 Å². The highest BCUT2D eigenvalue weighted by Crippen LogP contribution is 1.86. The number of halogens is 1. The van der Waals surface area contributed by atoms with Crippen molar-refractivity contribution in [2.45, 2.75) is 20.1 Å². The first-order valence-corrected chi connectivity index (χ1v) is 2.87. The Bertz CT molecular complexity index is 160. The van der Waals surface area contributed by atoms with Crippen LogP contribution in [-0.2, 0) is 0 Å². The van der Waals surface area contributed by atoms with Crippen molar-refractivity contribution in [3.8, 4) is 0 Å². The van der Waals surface area contributed by atoms with Crippen molar-refractivity contribution in [1.29, 1.82) is 5.41 Å². The van der Waals surface area contributed by atoms with Crippen LogP contribution in [0.5, 0.6) is 0 Å². The van der Waals surface area contributed by atoms with Gasteiger partial charge in [-0.25, -0.2) is 14.4 Å². The van der Waals surface area contributed by atoms with Crippen molar-refractivity contribution in [1.82, 2.24) is 0 Å². The van der Waals surface area contributed by atoms with Crippen molar-refractivity contribution >= 4 is 18.3 Å². The summed E-state index contributed by atoms with van der Waals surface area (Å²) in [6.45, 7) is 2.95. The minimum absolute atomic E-state index is 0.504. The quantitative estimate of drug-likeness (QED) is 0.353. The summed E-state index contributed by atoms with van der Waals surface area (Å²) in [5.41, 5.74) is 0.504. The lowest BCUT2D eigenvalue weighted by Crippen LogP contribution is -1.92. The summed E-state index contributed by atoms with van der Waals surface area (Å²) >= 11 is 0. The molecule has 0 aliphatic rings. The number of rotatable bonds is 3. The number of aliphatic imine (C=N–C) groups is 2. The molecule has 1 atom stereocenters. The molecule has 0 fully saturated rings. The maximum atomic E-state index is 11.9. The van der Waals surface area contributed by atoms with E-state index in [4.69, 9.17) is 5.41 Å². The minimum Gasteiger partial charge on any atom is -0.307 e. The Morgan fingerprint density at radius 1 is 1.70 bits per heavy atom. The van der Waals surface area contributed by atoms with Gasteiger partial charge in [-0.15, -0.1) is 0 Å². The highest BCUT2D eigenvalue weighted by Gasteiger charge is 1.85. The molecule has 0 aromatic heterocycles. The molecule has 0 aliphatic heterocycles. The average molecular weight is 143 g/mol. The van der Waals surface area contributed by atoms with Gasteiger partial charge in [-0.05, 0) is 13.8 Å². The van der Waals surface area contributed by atoms with Crippen LogP contribution < -0.4 is 0 Å². The van der Waals surface area contributed by atoms with Gasteiger partial charge in [0.2, 0.25) is 0 Å². The molecule has 0 aromatic rings. The molecule has 3 nitrogen and oxygen atoms in total. The van der Waals surface area contributed by atoms with Crippen LogP contribution in [-0.4, -0.2) is 24.6 Å². The van der Waals surface area contributed by atoms with Gasteiger partial charge < -0.3 is 5.41 Å². The monoisotopic (exact) mass is 143 g/mol. The van der Waals surface area contributed by atoms with E-state index in [1.165, 1.54) is 6.92 Å². The molecule has 0 rings (SSSR count). The first kappa shape index (κ1) is 8.94. The van der Waals surface area contributed by atoms with E-state index in [2.05, 4.69) is 9.98 Å². The molecule has 0 saturated carbocycles. The fourth-order valence-electron chi connectivity index (χ4n) is 0.254. The molecule has 0 bridgehead atoms. The van der Waals surface area contributed by atoms with Gasteiger partial charge in [0, 0.05) is 6.21 Å². The fourth-order valence-corrected chi connectivity index (χ4v) is 0.254. The average Bonchev–Trinajstić information content (AvgIpc) is 1.87. The molecule has 0 amide bonds. The minimum atomic E-state index is -1.22. The van der Waals surface area contributed by atoms with E-state index in [0.717, 1.165) is 12.6 Å². The zero-order valence-corrected chi connectivity index (χ0v) is 6.00. The van der Waals surface area contributed by atoms with Gasteiger partial charge in [-0.3, -0.25) is 0 Å². The first-order chi connectivity index (χ1) is 4.66. The largest absolute Gasteiger partial charge is 0.307 e. The molecule has 10 heavy (non-hydrogen) atoms. The topological polar surface area (TPSA) is 48.6 Å². The summed E-state index contributed by atoms with van der Waals surface area (Å²) in [5.74, 6) is 0. The number of alkyl halides is 1. The predicted octanol–water partition coefficient (Wildman–Crippen LogP) is 1.44. The third-order valence-electron chi connectivity index (χ3n) is 0.742. The van der Waals surface area contributed by atoms with Gasteiger partial charge in [0.1, 0.15) is 6.34 Å². The maximum Gasteiger partial charge on any atom is 0.188 e. The van der Waals surface area contributed by atoms with Gasteiger partial charge >= 0.3 is 0 Å². The second kappa shape index (κ2) is 4.78. The summed E-state index contributed by atoms with van der Waals surface area (Å²) in [7, 11) is 0. The van der Waals surface area contributed by atoms with E-state index in [1.807, 2.05) is 0 Å². The molecule has 0 aromatic carbocycles. The summed E-state index contributed by atoms with van der Waals surface area (Å²) < 4.78 is 11.9. The lowest BCUT2D eigenvalue weighted by Gasteiger charge is -1.87. The molecule has 56 valence electrons. The Morgan fingerprint density at radius 3 is 2.70 bits per heavy atom. The number of nitrogens with one attached hydrogen (secondary N) is 1. The Morgan fingerprint density at radius 2 is 2.30 bits per heavy atom. The molecule has 0 saturated heterocycles. The molecule has 4 heteroatoms. The Kier molecular flexibility index (Phi) is 4.28. The molecule has 0 aliphatic carbocycles. The number of nitrogens with zero attached hydrogens (tertiary/aromatic N) is 2. The predicted molar refractivity (Wildman–Crippen MR) is 41.0 cm³/mol. The van der Waals surface area contributed by atoms with Crippen LogP contribution in [0.2, 0.25) is 0 Å². The molecular weight excluding hydrogens is 133 g/mol. The van der Waals surface area contributed by atoms with E-state index in [9.17, 15) is 4.39 Å². The van der Waals surface area contributed by atoms with Crippen molar-refractivity contribution in [3.05, 3.63) is 0 Å². The van der Waals surface area contributed by atoms with Gasteiger partial charge in [-0.2, -0.15) is 0 Å². The lowest BCUT2D eigenvalue weighted by molar-refractivity contribution is 0.377. The summed E-state index contributed by atoms with van der Waals surface area (Å²) in [6, 6.07) is 0. The first-order valence-electron chi connectivity index (χ1n) is 2.87. The smallest absolute Gasteiger partial charge is 0.188 e. The zero-order valence-electron chi connectivity index (χ0n) is 6.00. The van der Waals surface area contributed by atoms with Crippen LogP contribution in [0.3, 0.4) is 0 Å². The SMILES string of the molecule is CC(C=N)=NC=NC(C)F. The maximum absolute atomic E-state index is 11.9. The third kappa shape index (κ3) is 5.08. The molecule has 1 unspecified atom stereocenters. The van der Waals surface area contributed by atoms with Gasteiger partial charge in [0.05, 0.1) is 5.71 Å². The second-order valence-electron chi connectivity index (χ2n) is 1.75. The third-order valence-corrected chi connectivity index (χ3v) is 0.742. The standard InChI is InChI=1S/C6H10FN3/c1-5(3-8)9-4-10-6(2)7/h3-4,6,8H,1-2H3. The summed E-state index contributed by atoms with van der Waals surface area (Å²) in [4.78, 5) is 6.95.